The molecule has 0 spiro atoms. The number of hydrogen-bond donors (Lipinski definition) is 0. The van der Waals surface area contributed by atoms with Crippen LogP contribution >= 0.6 is 0 Å². The summed E-state index contributed by atoms with van der Waals surface area (Å²) >= 11 is 0. The van der Waals surface area contributed by atoms with Crippen molar-refractivity contribution in [3.63, 3.8) is 0 Å². The Morgan fingerprint density at radius 3 is 2.29 bits per heavy atom. The van der Waals surface area contributed by atoms with E-state index in [1.54, 1.807) is 11.4 Å². The van der Waals surface area contributed by atoms with Gasteiger partial charge in [0, 0.05) is 38.0 Å². The van der Waals surface area contributed by atoms with Crippen LogP contribution in [0.25, 0.3) is 0 Å². The van der Waals surface area contributed by atoms with Crippen molar-refractivity contribution in [2.24, 2.45) is 5.92 Å². The molecule has 166 valence electrons. The normalized spacial score (nSPS) is 20.7. The molecule has 2 aliphatic heterocycles. The van der Waals surface area contributed by atoms with Crippen LogP contribution in [0.2, 0.25) is 0 Å². The molecule has 1 amide bonds. The Morgan fingerprint density at radius 1 is 0.968 bits per heavy atom. The Hall–Kier alpha value is -2.38. The van der Waals surface area contributed by atoms with Gasteiger partial charge in [0.15, 0.2) is 0 Å². The molecule has 0 N–H and O–H groups in total. The van der Waals surface area contributed by atoms with Gasteiger partial charge >= 0.3 is 0 Å². The molecule has 4 rings (SSSR count). The fraction of sp³-hybridized carbons (Fsp3) is 0.458. The summed E-state index contributed by atoms with van der Waals surface area (Å²) in [7, 11) is -1.70. The number of rotatable bonds is 6. The van der Waals surface area contributed by atoms with Crippen molar-refractivity contribution in [3.05, 3.63) is 65.7 Å². The van der Waals surface area contributed by atoms with E-state index in [0.717, 1.165) is 30.8 Å². The molecule has 0 aromatic heterocycles. The van der Waals surface area contributed by atoms with Gasteiger partial charge in [0.1, 0.15) is 5.75 Å². The van der Waals surface area contributed by atoms with Crippen LogP contribution in [-0.2, 0) is 20.6 Å². The Balaban J connectivity index is 1.30. The monoisotopic (exact) mass is 442 g/mol. The van der Waals surface area contributed by atoms with Gasteiger partial charge in [-0.3, -0.25) is 4.79 Å². The van der Waals surface area contributed by atoms with E-state index < -0.39 is 10.0 Å². The number of carbonyl (C=O) groups excluding carboxylic acids is 1. The van der Waals surface area contributed by atoms with E-state index in [9.17, 15) is 13.2 Å². The highest BCUT2D eigenvalue weighted by Gasteiger charge is 2.35. The fourth-order valence-electron chi connectivity index (χ4n) is 4.62. The number of ether oxygens (including phenoxy) is 1. The first-order valence-electron chi connectivity index (χ1n) is 10.9. The van der Waals surface area contributed by atoms with E-state index in [-0.39, 0.29) is 17.6 Å². The maximum absolute atomic E-state index is 13.1. The minimum Gasteiger partial charge on any atom is -0.497 e. The zero-order chi connectivity index (χ0) is 21.8. The average Bonchev–Trinajstić information content (AvgIpc) is 3.29. The maximum atomic E-state index is 13.1. The van der Waals surface area contributed by atoms with Crippen molar-refractivity contribution in [2.45, 2.75) is 30.9 Å². The zero-order valence-electron chi connectivity index (χ0n) is 17.9. The first-order valence-corrected chi connectivity index (χ1v) is 12.5. The topological polar surface area (TPSA) is 66.9 Å². The second-order valence-corrected chi connectivity index (χ2v) is 10.4. The molecule has 2 fully saturated rings. The van der Waals surface area contributed by atoms with Gasteiger partial charge < -0.3 is 9.64 Å². The summed E-state index contributed by atoms with van der Waals surface area (Å²) in [6.45, 7) is 2.34. The summed E-state index contributed by atoms with van der Waals surface area (Å²) in [5.41, 5.74) is 2.03. The number of amides is 1. The number of nitrogens with zero attached hydrogens (tertiary/aromatic N) is 2. The molecule has 0 saturated carbocycles. The smallest absolute Gasteiger partial charge is 0.225 e. The van der Waals surface area contributed by atoms with Gasteiger partial charge in [-0.25, -0.2) is 12.7 Å². The zero-order valence-corrected chi connectivity index (χ0v) is 18.8. The largest absolute Gasteiger partial charge is 0.497 e. The Kier molecular flexibility index (Phi) is 6.62. The second kappa shape index (κ2) is 9.40. The fourth-order valence-corrected chi connectivity index (χ4v) is 6.19. The highest BCUT2D eigenvalue weighted by atomic mass is 32.2. The molecule has 0 aliphatic carbocycles. The van der Waals surface area contributed by atoms with E-state index in [0.29, 0.717) is 31.8 Å². The molecular weight excluding hydrogens is 412 g/mol. The summed E-state index contributed by atoms with van der Waals surface area (Å²) in [6, 6.07) is 17.3. The van der Waals surface area contributed by atoms with Gasteiger partial charge in [-0.15, -0.1) is 0 Å². The van der Waals surface area contributed by atoms with E-state index in [1.807, 2.05) is 47.4 Å². The lowest BCUT2D eigenvalue weighted by molar-refractivity contribution is -0.135. The third-order valence-electron chi connectivity index (χ3n) is 6.48. The highest BCUT2D eigenvalue weighted by Crippen LogP contribution is 2.31. The van der Waals surface area contributed by atoms with Crippen LogP contribution in [0.5, 0.6) is 5.75 Å². The van der Waals surface area contributed by atoms with Crippen LogP contribution < -0.4 is 4.74 Å². The summed E-state index contributed by atoms with van der Waals surface area (Å²) in [6.07, 6.45) is 2.15. The third kappa shape index (κ3) is 5.10. The molecule has 2 heterocycles. The van der Waals surface area contributed by atoms with Crippen LogP contribution in [0.1, 0.15) is 36.3 Å². The van der Waals surface area contributed by atoms with Gasteiger partial charge in [-0.05, 0) is 42.5 Å². The highest BCUT2D eigenvalue weighted by molar-refractivity contribution is 7.88. The number of sulfonamides is 1. The molecule has 1 unspecified atom stereocenters. The van der Waals surface area contributed by atoms with Crippen molar-refractivity contribution in [1.29, 1.82) is 0 Å². The standard InChI is InChI=1S/C24H30N2O4S/c1-30-23-9-7-20(8-10-23)22-11-14-25(17-22)24(27)21-12-15-26(16-13-21)31(28,29)18-19-5-3-2-4-6-19/h2-10,21-22H,11-18H2,1H3. The van der Waals surface area contributed by atoms with Gasteiger partial charge in [-0.2, -0.15) is 0 Å². The van der Waals surface area contributed by atoms with Crippen molar-refractivity contribution in [1.82, 2.24) is 9.21 Å². The molecule has 2 aromatic rings. The molecule has 6 nitrogen and oxygen atoms in total. The lowest BCUT2D eigenvalue weighted by atomic mass is 9.96. The van der Waals surface area contributed by atoms with Crippen molar-refractivity contribution in [3.8, 4) is 5.75 Å². The van der Waals surface area contributed by atoms with Crippen LogP contribution in [0.3, 0.4) is 0 Å². The molecule has 2 aromatic carbocycles. The minimum absolute atomic E-state index is 0.0160. The first-order chi connectivity index (χ1) is 15.0. The SMILES string of the molecule is COc1ccc(C2CCN(C(=O)C3CCN(S(=O)(=O)Cc4ccccc4)CC3)C2)cc1. The Bertz CT molecular complexity index is 984. The minimum atomic E-state index is -3.36. The number of methoxy groups -OCH3 is 1. The second-order valence-electron chi connectivity index (χ2n) is 8.46. The van der Waals surface area contributed by atoms with E-state index in [2.05, 4.69) is 12.1 Å². The van der Waals surface area contributed by atoms with Crippen LogP contribution in [0.15, 0.2) is 54.6 Å². The number of likely N-dealkylation sites (tertiary alicyclic amines) is 1. The van der Waals surface area contributed by atoms with Crippen LogP contribution in [0, 0.1) is 5.92 Å². The van der Waals surface area contributed by atoms with Crippen LogP contribution in [0.4, 0.5) is 0 Å². The summed E-state index contributed by atoms with van der Waals surface area (Å²) < 4.78 is 32.3. The van der Waals surface area contributed by atoms with Crippen LogP contribution in [-0.4, -0.2) is 56.8 Å². The maximum Gasteiger partial charge on any atom is 0.225 e. The van der Waals surface area contributed by atoms with E-state index >= 15 is 0 Å². The molecule has 31 heavy (non-hydrogen) atoms. The van der Waals surface area contributed by atoms with Crippen molar-refractivity contribution in [2.75, 3.05) is 33.3 Å². The Morgan fingerprint density at radius 2 is 1.65 bits per heavy atom. The predicted octanol–water partition coefficient (Wildman–Crippen LogP) is 3.25. The van der Waals surface area contributed by atoms with Crippen molar-refractivity contribution >= 4 is 15.9 Å². The molecule has 2 aliphatic rings. The summed E-state index contributed by atoms with van der Waals surface area (Å²) in [4.78, 5) is 15.0. The first kappa shape index (κ1) is 21.8. The van der Waals surface area contributed by atoms with E-state index in [1.165, 1.54) is 5.56 Å². The number of hydrogen-bond acceptors (Lipinski definition) is 4. The lowest BCUT2D eigenvalue weighted by Gasteiger charge is -2.32. The predicted molar refractivity (Wildman–Crippen MR) is 120 cm³/mol. The van der Waals surface area contributed by atoms with Crippen molar-refractivity contribution < 1.29 is 17.9 Å². The molecule has 7 heteroatoms. The average molecular weight is 443 g/mol. The van der Waals surface area contributed by atoms with Gasteiger partial charge in [0.25, 0.3) is 0 Å². The summed E-state index contributed by atoms with van der Waals surface area (Å²) in [5, 5.41) is 0. The third-order valence-corrected chi connectivity index (χ3v) is 8.33. The molecule has 0 bridgehead atoms. The summed E-state index contributed by atoms with van der Waals surface area (Å²) in [5.74, 6) is 1.29. The van der Waals surface area contributed by atoms with Gasteiger partial charge in [0.05, 0.1) is 12.9 Å². The molecule has 2 saturated heterocycles. The Labute approximate surface area is 184 Å². The molecule has 1 atom stereocenters. The quantitative estimate of drug-likeness (QED) is 0.689. The molecule has 0 radical (unpaired) electrons. The molecular formula is C24H30N2O4S. The number of carbonyl (C=O) groups is 1. The van der Waals surface area contributed by atoms with Gasteiger partial charge in [0.2, 0.25) is 15.9 Å². The lowest BCUT2D eigenvalue weighted by Crippen LogP contribution is -2.44. The number of piperidine rings is 1. The van der Waals surface area contributed by atoms with E-state index in [4.69, 9.17) is 4.74 Å². The number of benzene rings is 2. The van der Waals surface area contributed by atoms with Gasteiger partial charge in [-0.1, -0.05) is 42.5 Å².